The maximum absolute atomic E-state index is 12.9. The van der Waals surface area contributed by atoms with Crippen LogP contribution in [0.4, 0.5) is 0 Å². The number of allylic oxidation sites excluding steroid dienone is 24. The van der Waals surface area contributed by atoms with E-state index in [0.29, 0.717) is 17.4 Å². The first-order valence-corrected chi connectivity index (χ1v) is 42.0. The molecule has 0 aliphatic rings. The summed E-state index contributed by atoms with van der Waals surface area (Å²) < 4.78 is 34.4. The van der Waals surface area contributed by atoms with Gasteiger partial charge in [-0.05, 0) is 116 Å². The van der Waals surface area contributed by atoms with E-state index in [-0.39, 0.29) is 32.0 Å². The molecule has 0 fully saturated rings. The van der Waals surface area contributed by atoms with Crippen LogP contribution in [0.15, 0.2) is 146 Å². The van der Waals surface area contributed by atoms with Crippen molar-refractivity contribution in [1.82, 2.24) is 0 Å². The van der Waals surface area contributed by atoms with Crippen LogP contribution in [0.25, 0.3) is 0 Å². The molecule has 562 valence electrons. The second kappa shape index (κ2) is 77.1. The smallest absolute Gasteiger partial charge is 0.306 e. The van der Waals surface area contributed by atoms with Gasteiger partial charge in [0.2, 0.25) is 0 Å². The number of unbranched alkanes of at least 4 members (excludes halogenated alkanes) is 36. The van der Waals surface area contributed by atoms with Crippen LogP contribution in [0.3, 0.4) is 0 Å². The molecule has 0 radical (unpaired) electrons. The summed E-state index contributed by atoms with van der Waals surface area (Å²) in [5, 5.41) is 0. The van der Waals surface area contributed by atoms with Crippen molar-refractivity contribution < 1.29 is 42.1 Å². The highest BCUT2D eigenvalue weighted by atomic mass is 31.2. The highest BCUT2D eigenvalue weighted by Gasteiger charge is 2.22. The molecule has 0 bridgehead atoms. The van der Waals surface area contributed by atoms with Crippen LogP contribution in [0.2, 0.25) is 0 Å². The number of phosphoric acid groups is 1. The van der Waals surface area contributed by atoms with Crippen LogP contribution in [-0.2, 0) is 32.7 Å². The van der Waals surface area contributed by atoms with Gasteiger partial charge in [0.05, 0.1) is 27.7 Å². The lowest BCUT2D eigenvalue weighted by Gasteiger charge is -2.28. The van der Waals surface area contributed by atoms with Crippen LogP contribution in [0.5, 0.6) is 0 Å². The predicted octanol–water partition coefficient (Wildman–Crippen LogP) is 26.6. The number of hydrogen-bond acceptors (Lipinski definition) is 8. The molecule has 0 aromatic carbocycles. The zero-order valence-electron chi connectivity index (χ0n) is 64.2. The van der Waals surface area contributed by atoms with Gasteiger partial charge in [-0.25, -0.2) is 0 Å². The van der Waals surface area contributed by atoms with Crippen molar-refractivity contribution in [2.75, 3.05) is 47.5 Å². The minimum atomic E-state index is -4.65. The molecule has 0 saturated carbocycles. The standard InChI is InChI=1S/C88H152NO8P/c1-6-8-10-12-14-16-18-20-22-24-26-28-30-32-34-36-38-40-42-43-44-45-47-49-51-53-55-57-59-61-63-65-67-69-71-73-75-77-79-81-88(91)97-86(85-96-98(92,93)95-83-82-89(3,4)5)84-94-87(90)80-78-76-74-72-70-68-66-64-62-60-58-56-54-52-50-48-46-41-39-37-35-33-31-29-27-25-23-21-19-17-15-13-11-9-7-2/h8-11,14-17,20-23,26-29,32-35,38,40,43-44,86H,6-7,12-13,18-19,24-25,30-31,36-37,39,41-42,45-85H2,1-5H3/b10-8-,11-9-,16-14-,17-15-,22-20-,23-21-,28-26-,29-27-,34-32-,35-33-,40-38-,44-43-. The first-order chi connectivity index (χ1) is 48.0. The van der Waals surface area contributed by atoms with E-state index < -0.39 is 26.5 Å². The van der Waals surface area contributed by atoms with Gasteiger partial charge in [-0.2, -0.15) is 0 Å². The number of carbonyl (C=O) groups is 2. The summed E-state index contributed by atoms with van der Waals surface area (Å²) >= 11 is 0. The van der Waals surface area contributed by atoms with Crippen molar-refractivity contribution >= 4 is 19.8 Å². The summed E-state index contributed by atoms with van der Waals surface area (Å²) in [6.07, 6.45) is 114. The number of likely N-dealkylation sites (N-methyl/N-ethyl adjacent to an activating group) is 1. The fourth-order valence-electron chi connectivity index (χ4n) is 11.3. The van der Waals surface area contributed by atoms with Gasteiger partial charge in [0.25, 0.3) is 7.82 Å². The Labute approximate surface area is 605 Å². The summed E-state index contributed by atoms with van der Waals surface area (Å²) in [5.74, 6) is -0.823. The summed E-state index contributed by atoms with van der Waals surface area (Å²) in [4.78, 5) is 38.2. The molecular weight excluding hydrogens is 1230 g/mol. The first kappa shape index (κ1) is 93.9. The Hall–Kier alpha value is -4.11. The minimum absolute atomic E-state index is 0.0336. The van der Waals surface area contributed by atoms with Crippen LogP contribution in [-0.4, -0.2) is 70.0 Å². The fraction of sp³-hybridized carbons (Fsp3) is 0.705. The zero-order valence-corrected chi connectivity index (χ0v) is 65.1. The molecule has 0 amide bonds. The van der Waals surface area contributed by atoms with E-state index in [4.69, 9.17) is 18.5 Å². The molecule has 0 rings (SSSR count). The number of carbonyl (C=O) groups excluding carboxylic acids is 2. The van der Waals surface area contributed by atoms with Crippen LogP contribution in [0.1, 0.15) is 348 Å². The number of rotatable bonds is 74. The third kappa shape index (κ3) is 80.9. The van der Waals surface area contributed by atoms with E-state index in [9.17, 15) is 19.0 Å². The number of phosphoric ester groups is 1. The Morgan fingerprint density at radius 2 is 0.551 bits per heavy atom. The summed E-state index contributed by atoms with van der Waals surface area (Å²) in [6.45, 7) is 4.05. The molecule has 0 aliphatic carbocycles. The fourth-order valence-corrected chi connectivity index (χ4v) is 12.0. The van der Waals surface area contributed by atoms with Gasteiger partial charge in [-0.1, -0.05) is 365 Å². The van der Waals surface area contributed by atoms with Gasteiger partial charge in [-0.3, -0.25) is 14.2 Å². The van der Waals surface area contributed by atoms with E-state index in [1.807, 2.05) is 21.1 Å². The maximum Gasteiger partial charge on any atom is 0.306 e. The number of ether oxygens (including phenoxy) is 2. The lowest BCUT2D eigenvalue weighted by molar-refractivity contribution is -0.870. The Morgan fingerprint density at radius 3 is 0.816 bits per heavy atom. The topological polar surface area (TPSA) is 111 Å². The second-order valence-corrected chi connectivity index (χ2v) is 29.4. The summed E-state index contributed by atoms with van der Waals surface area (Å²) in [7, 11) is 1.17. The minimum Gasteiger partial charge on any atom is -0.756 e. The summed E-state index contributed by atoms with van der Waals surface area (Å²) in [5.41, 5.74) is 0. The average molecular weight is 1380 g/mol. The maximum atomic E-state index is 12.9. The quantitative estimate of drug-likeness (QED) is 0.0195. The summed E-state index contributed by atoms with van der Waals surface area (Å²) in [6, 6.07) is 0. The van der Waals surface area contributed by atoms with Gasteiger partial charge in [0.1, 0.15) is 19.8 Å². The van der Waals surface area contributed by atoms with Crippen LogP contribution < -0.4 is 4.89 Å². The molecule has 0 aromatic heterocycles. The molecule has 0 heterocycles. The third-order valence-corrected chi connectivity index (χ3v) is 18.3. The van der Waals surface area contributed by atoms with Crippen LogP contribution in [0, 0.1) is 0 Å². The average Bonchev–Trinajstić information content (AvgIpc) is 1.23. The molecular formula is C88H152NO8P. The van der Waals surface area contributed by atoms with Crippen LogP contribution >= 0.6 is 7.82 Å². The largest absolute Gasteiger partial charge is 0.756 e. The van der Waals surface area contributed by atoms with Crippen molar-refractivity contribution in [2.45, 2.75) is 354 Å². The number of quaternary nitrogens is 1. The van der Waals surface area contributed by atoms with E-state index in [0.717, 1.165) is 116 Å². The number of nitrogens with zero attached hydrogens (tertiary/aromatic N) is 1. The van der Waals surface area contributed by atoms with Gasteiger partial charge >= 0.3 is 11.9 Å². The van der Waals surface area contributed by atoms with Gasteiger partial charge in [0.15, 0.2) is 6.10 Å². The van der Waals surface area contributed by atoms with E-state index in [1.54, 1.807) is 0 Å². The van der Waals surface area contributed by atoms with E-state index >= 15 is 0 Å². The lowest BCUT2D eigenvalue weighted by Crippen LogP contribution is -2.37. The van der Waals surface area contributed by atoms with Crippen molar-refractivity contribution in [1.29, 1.82) is 0 Å². The molecule has 0 spiro atoms. The molecule has 0 aliphatic heterocycles. The monoisotopic (exact) mass is 1380 g/mol. The highest BCUT2D eigenvalue weighted by molar-refractivity contribution is 7.45. The Bertz CT molecular complexity index is 2170. The predicted molar refractivity (Wildman–Crippen MR) is 424 cm³/mol. The third-order valence-electron chi connectivity index (χ3n) is 17.4. The first-order valence-electron chi connectivity index (χ1n) is 40.5. The van der Waals surface area contributed by atoms with Gasteiger partial charge < -0.3 is 27.9 Å². The highest BCUT2D eigenvalue weighted by Crippen LogP contribution is 2.38. The van der Waals surface area contributed by atoms with Gasteiger partial charge in [0, 0.05) is 12.8 Å². The molecule has 10 heteroatoms. The molecule has 2 unspecified atom stereocenters. The van der Waals surface area contributed by atoms with Crippen molar-refractivity contribution in [3.05, 3.63) is 146 Å². The molecule has 0 aromatic rings. The van der Waals surface area contributed by atoms with E-state index in [2.05, 4.69) is 160 Å². The van der Waals surface area contributed by atoms with Crippen molar-refractivity contribution in [3.8, 4) is 0 Å². The van der Waals surface area contributed by atoms with Crippen molar-refractivity contribution in [2.24, 2.45) is 0 Å². The Morgan fingerprint density at radius 1 is 0.316 bits per heavy atom. The van der Waals surface area contributed by atoms with Gasteiger partial charge in [-0.15, -0.1) is 0 Å². The van der Waals surface area contributed by atoms with Crippen molar-refractivity contribution in [3.63, 3.8) is 0 Å². The zero-order chi connectivity index (χ0) is 71.1. The SMILES string of the molecule is CC/C=C\C/C=C\C/C=C\C/C=C\C/C=C\C/C=C\C/C=C\CCCCCCCCCCCCCCCCCCCC(=O)OC(COC(=O)CCCCCCCCCCCCCCCCCCCCC/C=C\C/C=C\C/C=C\C/C=C\C/C=C\CC)COP(=O)([O-])OCC[N+](C)(C)C. The molecule has 0 saturated heterocycles. The lowest BCUT2D eigenvalue weighted by atomic mass is 10.0. The molecule has 0 N–H and O–H groups in total. The Kier molecular flexibility index (Phi) is 73.8. The number of hydrogen-bond donors (Lipinski definition) is 0. The normalized spacial score (nSPS) is 13.8. The molecule has 2 atom stereocenters. The molecule has 98 heavy (non-hydrogen) atoms. The Balaban J connectivity index is 3.96. The number of esters is 2. The van der Waals surface area contributed by atoms with E-state index in [1.165, 1.54) is 199 Å². The second-order valence-electron chi connectivity index (χ2n) is 28.0. The molecule has 9 nitrogen and oxygen atoms in total.